The van der Waals surface area contributed by atoms with Crippen LogP contribution in [0.3, 0.4) is 0 Å². The zero-order chi connectivity index (χ0) is 21.8. The van der Waals surface area contributed by atoms with Gasteiger partial charge in [0.05, 0.1) is 25.8 Å². The molecule has 1 heterocycles. The Morgan fingerprint density at radius 2 is 1.77 bits per heavy atom. The summed E-state index contributed by atoms with van der Waals surface area (Å²) in [4.78, 5) is 25.0. The number of hydrogen-bond acceptors (Lipinski definition) is 5. The van der Waals surface area contributed by atoms with Gasteiger partial charge in [-0.25, -0.2) is 0 Å². The number of fused-ring (bicyclic) bond motifs is 3. The highest BCUT2D eigenvalue weighted by molar-refractivity contribution is 5.94. The molecule has 0 aromatic heterocycles. The molecule has 31 heavy (non-hydrogen) atoms. The van der Waals surface area contributed by atoms with Crippen molar-refractivity contribution in [2.24, 2.45) is 5.73 Å². The number of carbonyl (C=O) groups is 2. The number of ether oxygens (including phenoxy) is 2. The first-order valence-corrected chi connectivity index (χ1v) is 10.4. The van der Waals surface area contributed by atoms with E-state index in [2.05, 4.69) is 18.2 Å². The predicted octanol–water partition coefficient (Wildman–Crippen LogP) is 3.59. The van der Waals surface area contributed by atoms with Crippen LogP contribution in [0, 0.1) is 0 Å². The summed E-state index contributed by atoms with van der Waals surface area (Å²) in [5.74, 6) is 1.39. The number of benzene rings is 2. The molecule has 6 heteroatoms. The molecule has 2 aromatic carbocycles. The first kappa shape index (κ1) is 20.7. The van der Waals surface area contributed by atoms with Crippen molar-refractivity contribution in [1.29, 1.82) is 0 Å². The fraction of sp³-hybridized carbons (Fsp3) is 0.280. The minimum atomic E-state index is -0.352. The van der Waals surface area contributed by atoms with Crippen molar-refractivity contribution >= 4 is 17.4 Å². The lowest BCUT2D eigenvalue weighted by molar-refractivity contribution is -0.116. The second-order valence-corrected chi connectivity index (χ2v) is 7.73. The Kier molecular flexibility index (Phi) is 6.07. The van der Waals surface area contributed by atoms with Crippen LogP contribution in [0.2, 0.25) is 0 Å². The number of primary amides is 1. The average Bonchev–Trinajstić information content (AvgIpc) is 3.06. The molecule has 0 fully saturated rings. The minimum Gasteiger partial charge on any atom is -0.494 e. The van der Waals surface area contributed by atoms with Gasteiger partial charge < -0.3 is 20.1 Å². The molecular weight excluding hydrogens is 392 g/mol. The normalized spacial score (nSPS) is 18.7. The van der Waals surface area contributed by atoms with E-state index in [0.29, 0.717) is 18.8 Å². The number of rotatable bonds is 9. The van der Waals surface area contributed by atoms with Gasteiger partial charge in [-0.2, -0.15) is 0 Å². The third-order valence-electron chi connectivity index (χ3n) is 5.55. The van der Waals surface area contributed by atoms with Crippen molar-refractivity contribution in [2.45, 2.75) is 25.3 Å². The molecule has 0 saturated carbocycles. The van der Waals surface area contributed by atoms with Crippen molar-refractivity contribution in [3.8, 4) is 5.75 Å². The average molecular weight is 418 g/mol. The molecule has 0 bridgehead atoms. The van der Waals surface area contributed by atoms with E-state index < -0.39 is 0 Å². The molecule has 1 aliphatic heterocycles. The summed E-state index contributed by atoms with van der Waals surface area (Å²) in [7, 11) is 0. The third kappa shape index (κ3) is 4.63. The quantitative estimate of drug-likeness (QED) is 0.497. The first-order valence-electron chi connectivity index (χ1n) is 10.4. The van der Waals surface area contributed by atoms with E-state index in [-0.39, 0.29) is 30.2 Å². The Hall–Kier alpha value is -3.54. The van der Waals surface area contributed by atoms with Crippen LogP contribution in [0.5, 0.6) is 5.75 Å². The van der Waals surface area contributed by atoms with Crippen molar-refractivity contribution < 1.29 is 19.1 Å². The van der Waals surface area contributed by atoms with Crippen LogP contribution in [0.1, 0.15) is 35.2 Å². The molecule has 2 unspecified atom stereocenters. The van der Waals surface area contributed by atoms with Crippen LogP contribution >= 0.6 is 0 Å². The van der Waals surface area contributed by atoms with Crippen molar-refractivity contribution in [2.75, 3.05) is 24.7 Å². The number of anilines is 1. The first-order chi connectivity index (χ1) is 15.0. The molecule has 1 amide bonds. The molecule has 0 radical (unpaired) electrons. The highest BCUT2D eigenvalue weighted by atomic mass is 16.5. The Morgan fingerprint density at radius 1 is 1.03 bits per heavy atom. The number of allylic oxidation sites excluding steroid dienone is 1. The maximum absolute atomic E-state index is 11.6. The lowest BCUT2D eigenvalue weighted by Crippen LogP contribution is -2.39. The third-order valence-corrected chi connectivity index (χ3v) is 5.55. The summed E-state index contributed by atoms with van der Waals surface area (Å²) in [6.07, 6.45) is 6.91. The van der Waals surface area contributed by atoms with E-state index in [9.17, 15) is 9.59 Å². The lowest BCUT2D eigenvalue weighted by Gasteiger charge is -2.28. The lowest BCUT2D eigenvalue weighted by atomic mass is 9.91. The van der Waals surface area contributed by atoms with Gasteiger partial charge in [-0.1, -0.05) is 24.3 Å². The second kappa shape index (κ2) is 9.08. The van der Waals surface area contributed by atoms with Gasteiger partial charge in [-0.05, 0) is 55.0 Å². The highest BCUT2D eigenvalue weighted by Gasteiger charge is 2.38. The van der Waals surface area contributed by atoms with E-state index in [4.69, 9.17) is 15.2 Å². The van der Waals surface area contributed by atoms with E-state index >= 15 is 0 Å². The van der Waals surface area contributed by atoms with E-state index in [0.717, 1.165) is 23.6 Å². The number of nitrogens with two attached hydrogens (primary N) is 1. The monoisotopic (exact) mass is 418 g/mol. The van der Waals surface area contributed by atoms with Gasteiger partial charge in [-0.15, -0.1) is 0 Å². The molecule has 2 aliphatic rings. The Labute approximate surface area is 181 Å². The van der Waals surface area contributed by atoms with Crippen LogP contribution in [-0.4, -0.2) is 37.5 Å². The maximum Gasteiger partial charge on any atom is 0.236 e. The van der Waals surface area contributed by atoms with Crippen LogP contribution in [-0.2, 0) is 9.53 Å². The van der Waals surface area contributed by atoms with Gasteiger partial charge in [0.2, 0.25) is 5.91 Å². The largest absolute Gasteiger partial charge is 0.494 e. The molecule has 1 aliphatic carbocycles. The van der Waals surface area contributed by atoms with Crippen molar-refractivity contribution in [1.82, 2.24) is 0 Å². The second-order valence-electron chi connectivity index (χ2n) is 7.73. The van der Waals surface area contributed by atoms with Crippen LogP contribution in [0.25, 0.3) is 0 Å². The molecule has 2 aromatic rings. The van der Waals surface area contributed by atoms with Gasteiger partial charge in [0.25, 0.3) is 0 Å². The molecule has 0 spiro atoms. The fourth-order valence-electron chi connectivity index (χ4n) is 4.08. The molecule has 2 N–H and O–H groups in total. The van der Waals surface area contributed by atoms with Crippen LogP contribution in [0.4, 0.5) is 5.69 Å². The maximum atomic E-state index is 11.6. The fourth-order valence-corrected chi connectivity index (χ4v) is 4.08. The molecule has 0 saturated heterocycles. The van der Waals surface area contributed by atoms with E-state index in [1.54, 1.807) is 31.2 Å². The summed E-state index contributed by atoms with van der Waals surface area (Å²) in [6, 6.07) is 15.3. The van der Waals surface area contributed by atoms with Crippen LogP contribution < -0.4 is 15.4 Å². The number of amides is 1. The molecular formula is C25H26N2O4. The summed E-state index contributed by atoms with van der Waals surface area (Å²) >= 11 is 0. The van der Waals surface area contributed by atoms with E-state index in [1.807, 2.05) is 29.2 Å². The summed E-state index contributed by atoms with van der Waals surface area (Å²) in [5.41, 5.74) is 8.40. The van der Waals surface area contributed by atoms with Gasteiger partial charge in [0.1, 0.15) is 11.5 Å². The molecule has 160 valence electrons. The van der Waals surface area contributed by atoms with Crippen molar-refractivity contribution in [3.05, 3.63) is 83.6 Å². The topological polar surface area (TPSA) is 81.9 Å². The molecule has 2 atom stereocenters. The SMILES string of the molecule is CC(=O)c1ccc(OCCCOC2=CC3C(C=C2)c2ccccc2N3CC(N)=O)cc1. The Morgan fingerprint density at radius 3 is 2.52 bits per heavy atom. The Balaban J connectivity index is 1.31. The minimum absolute atomic E-state index is 0.0148. The number of ketones is 1. The zero-order valence-corrected chi connectivity index (χ0v) is 17.5. The number of hydrogen-bond donors (Lipinski definition) is 1. The number of para-hydroxylation sites is 1. The van der Waals surface area contributed by atoms with Crippen LogP contribution in [0.15, 0.2) is 72.5 Å². The molecule has 6 nitrogen and oxygen atoms in total. The summed E-state index contributed by atoms with van der Waals surface area (Å²) < 4.78 is 11.7. The van der Waals surface area contributed by atoms with Gasteiger partial charge in [0, 0.05) is 23.6 Å². The number of nitrogens with zero attached hydrogens (tertiary/aromatic N) is 1. The molecule has 4 rings (SSSR count). The van der Waals surface area contributed by atoms with Crippen molar-refractivity contribution in [3.63, 3.8) is 0 Å². The van der Waals surface area contributed by atoms with Gasteiger partial charge in [-0.3, -0.25) is 9.59 Å². The highest BCUT2D eigenvalue weighted by Crippen LogP contribution is 2.44. The number of Topliss-reactive ketones (excluding diaryl/α,β-unsaturated/α-hetero) is 1. The van der Waals surface area contributed by atoms with Gasteiger partial charge >= 0.3 is 0 Å². The smallest absolute Gasteiger partial charge is 0.236 e. The predicted molar refractivity (Wildman–Crippen MR) is 119 cm³/mol. The summed E-state index contributed by atoms with van der Waals surface area (Å²) in [6.45, 7) is 2.75. The zero-order valence-electron chi connectivity index (χ0n) is 17.5. The van der Waals surface area contributed by atoms with Gasteiger partial charge in [0.15, 0.2) is 5.78 Å². The Bertz CT molecular complexity index is 1030. The standard InChI is InChI=1S/C25H26N2O4/c1-17(28)18-7-9-19(10-8-18)30-13-4-14-31-20-11-12-22-21-5-2-3-6-23(21)27(16-25(26)29)24(22)15-20/h2-3,5-12,15,22,24H,4,13-14,16H2,1H3,(H2,26,29). The van der Waals surface area contributed by atoms with E-state index in [1.165, 1.54) is 5.56 Å². The summed E-state index contributed by atoms with van der Waals surface area (Å²) in [5, 5.41) is 0. The number of carbonyl (C=O) groups excluding carboxylic acids is 2.